The Morgan fingerprint density at radius 1 is 1.00 bits per heavy atom. The maximum Gasteiger partial charge on any atom is 0.126 e. The number of β-amino-alcohol motifs (C(OH)–C–C–N with tert-alkyl or cyclic N) is 1. The lowest BCUT2D eigenvalue weighted by Crippen LogP contribution is -2.51. The van der Waals surface area contributed by atoms with Gasteiger partial charge in [0.15, 0.2) is 0 Å². The monoisotopic (exact) mass is 417 g/mol. The number of hydrogen-bond donors (Lipinski definition) is 2. The van der Waals surface area contributed by atoms with Crippen LogP contribution in [0.5, 0.6) is 5.75 Å². The lowest BCUT2D eigenvalue weighted by Gasteiger charge is -2.46. The average Bonchev–Trinajstić information content (AvgIpc) is 2.77. The summed E-state index contributed by atoms with van der Waals surface area (Å²) in [6, 6.07) is 18.6. The van der Waals surface area contributed by atoms with E-state index in [4.69, 9.17) is 4.74 Å². The van der Waals surface area contributed by atoms with Gasteiger partial charge in [0.05, 0.1) is 12.2 Å². The van der Waals surface area contributed by atoms with Crippen LogP contribution in [0, 0.1) is 13.8 Å². The number of ether oxygens (including phenoxy) is 1. The Kier molecular flexibility index (Phi) is 5.25. The van der Waals surface area contributed by atoms with E-state index in [0.29, 0.717) is 13.0 Å². The van der Waals surface area contributed by atoms with Gasteiger partial charge in [-0.25, -0.2) is 0 Å². The van der Waals surface area contributed by atoms with Crippen LogP contribution in [0.2, 0.25) is 0 Å². The number of hydrogen-bond acceptors (Lipinski definition) is 4. The van der Waals surface area contributed by atoms with E-state index in [9.17, 15) is 10.2 Å². The summed E-state index contributed by atoms with van der Waals surface area (Å²) >= 11 is 0. The summed E-state index contributed by atoms with van der Waals surface area (Å²) in [6.45, 7) is 6.50. The molecule has 3 aromatic rings. The highest BCUT2D eigenvalue weighted by atomic mass is 16.5. The number of fused-ring (bicyclic) bond motifs is 2. The summed E-state index contributed by atoms with van der Waals surface area (Å²) < 4.78 is 6.50. The molecular weight excluding hydrogens is 386 g/mol. The summed E-state index contributed by atoms with van der Waals surface area (Å²) in [5, 5.41) is 24.0. The zero-order valence-electron chi connectivity index (χ0n) is 18.3. The molecule has 0 bridgehead atoms. The Balaban J connectivity index is 1.25. The fourth-order valence-corrected chi connectivity index (χ4v) is 5.11. The lowest BCUT2D eigenvalue weighted by molar-refractivity contribution is -0.0588. The van der Waals surface area contributed by atoms with Crippen LogP contribution < -0.4 is 4.74 Å². The standard InChI is InChI=1S/C27H31NO3/c1-18-13-23-24(29)16-27(31-26(23)14-19(18)2)9-11-28(12-10-27)17-25(30)22-8-7-20-5-3-4-6-21(20)15-22/h3-8,13-15,24-25,29-30H,9-12,16-17H2,1-2H3/t24-,25-/m1/s1. The molecule has 31 heavy (non-hydrogen) atoms. The molecular formula is C27H31NO3. The highest BCUT2D eigenvalue weighted by Gasteiger charge is 2.43. The molecule has 3 aromatic carbocycles. The van der Waals surface area contributed by atoms with Gasteiger partial charge >= 0.3 is 0 Å². The number of rotatable bonds is 3. The van der Waals surface area contributed by atoms with E-state index >= 15 is 0 Å². The fraction of sp³-hybridized carbons (Fsp3) is 0.407. The minimum Gasteiger partial charge on any atom is -0.487 e. The molecule has 4 heteroatoms. The van der Waals surface area contributed by atoms with Crippen LogP contribution in [0.3, 0.4) is 0 Å². The summed E-state index contributed by atoms with van der Waals surface area (Å²) in [6.07, 6.45) is 1.38. The SMILES string of the molecule is Cc1cc2c(cc1C)[C@H](O)CC1(CCN(C[C@@H](O)c3ccc4ccccc4c3)CC1)O2. The van der Waals surface area contributed by atoms with Crippen LogP contribution >= 0.6 is 0 Å². The second-order valence-corrected chi connectivity index (χ2v) is 9.40. The van der Waals surface area contributed by atoms with Crippen molar-refractivity contribution < 1.29 is 14.9 Å². The van der Waals surface area contributed by atoms with Crippen LogP contribution in [-0.2, 0) is 0 Å². The van der Waals surface area contributed by atoms with E-state index < -0.39 is 12.2 Å². The van der Waals surface area contributed by atoms with Gasteiger partial charge in [-0.05, 0) is 72.4 Å². The first-order chi connectivity index (χ1) is 14.9. The second kappa shape index (κ2) is 7.94. The minimum atomic E-state index is -0.511. The highest BCUT2D eigenvalue weighted by Crippen LogP contribution is 2.45. The van der Waals surface area contributed by atoms with E-state index in [1.807, 2.05) is 18.2 Å². The van der Waals surface area contributed by atoms with Crippen molar-refractivity contribution in [3.63, 3.8) is 0 Å². The van der Waals surface area contributed by atoms with Gasteiger partial charge < -0.3 is 19.8 Å². The van der Waals surface area contributed by atoms with Gasteiger partial charge in [-0.2, -0.15) is 0 Å². The lowest BCUT2D eigenvalue weighted by atomic mass is 9.81. The fourth-order valence-electron chi connectivity index (χ4n) is 5.11. The maximum atomic E-state index is 10.8. The first-order valence-corrected chi connectivity index (χ1v) is 11.3. The van der Waals surface area contributed by atoms with Gasteiger partial charge in [-0.1, -0.05) is 36.4 Å². The quantitative estimate of drug-likeness (QED) is 0.640. The molecule has 2 aliphatic rings. The number of benzene rings is 3. The first-order valence-electron chi connectivity index (χ1n) is 11.3. The third kappa shape index (κ3) is 3.96. The van der Waals surface area contributed by atoms with Crippen LogP contribution in [0.25, 0.3) is 10.8 Å². The maximum absolute atomic E-state index is 10.8. The Bertz CT molecular complexity index is 1100. The number of piperidine rings is 1. The molecule has 1 spiro atoms. The van der Waals surface area contributed by atoms with Gasteiger partial charge in [0, 0.05) is 31.6 Å². The summed E-state index contributed by atoms with van der Waals surface area (Å²) in [5.41, 5.74) is 3.96. The Morgan fingerprint density at radius 2 is 1.71 bits per heavy atom. The van der Waals surface area contributed by atoms with Crippen molar-refractivity contribution in [1.82, 2.24) is 4.90 Å². The van der Waals surface area contributed by atoms with Gasteiger partial charge in [-0.15, -0.1) is 0 Å². The number of nitrogens with zero attached hydrogens (tertiary/aromatic N) is 1. The number of likely N-dealkylation sites (tertiary alicyclic amines) is 1. The zero-order chi connectivity index (χ0) is 21.6. The Morgan fingerprint density at radius 3 is 2.48 bits per heavy atom. The molecule has 162 valence electrons. The molecule has 0 aromatic heterocycles. The van der Waals surface area contributed by atoms with Crippen molar-refractivity contribution in [2.45, 2.75) is 50.9 Å². The molecule has 2 aliphatic heterocycles. The van der Waals surface area contributed by atoms with Crippen LogP contribution in [0.4, 0.5) is 0 Å². The van der Waals surface area contributed by atoms with E-state index in [1.165, 1.54) is 16.5 Å². The van der Waals surface area contributed by atoms with Crippen LogP contribution in [-0.4, -0.2) is 40.3 Å². The number of aryl methyl sites for hydroxylation is 2. The van der Waals surface area contributed by atoms with Gasteiger partial charge in [-0.3, -0.25) is 0 Å². The van der Waals surface area contributed by atoms with Crippen LogP contribution in [0.1, 0.15) is 53.7 Å². The molecule has 1 saturated heterocycles. The van der Waals surface area contributed by atoms with Crippen LogP contribution in [0.15, 0.2) is 54.6 Å². The topological polar surface area (TPSA) is 52.9 Å². The average molecular weight is 418 g/mol. The molecule has 5 rings (SSSR count). The molecule has 0 radical (unpaired) electrons. The Hall–Kier alpha value is -2.40. The minimum absolute atomic E-state index is 0.307. The van der Waals surface area contributed by atoms with E-state index in [0.717, 1.165) is 48.2 Å². The van der Waals surface area contributed by atoms with Gasteiger partial charge in [0.25, 0.3) is 0 Å². The van der Waals surface area contributed by atoms with Crippen molar-refractivity contribution in [2.75, 3.05) is 19.6 Å². The summed E-state index contributed by atoms with van der Waals surface area (Å²) in [5.74, 6) is 0.839. The van der Waals surface area contributed by atoms with E-state index in [2.05, 4.69) is 55.1 Å². The largest absolute Gasteiger partial charge is 0.487 e. The molecule has 4 nitrogen and oxygen atoms in total. The van der Waals surface area contributed by atoms with E-state index in [1.54, 1.807) is 0 Å². The molecule has 0 saturated carbocycles. The van der Waals surface area contributed by atoms with Gasteiger partial charge in [0.1, 0.15) is 11.4 Å². The smallest absolute Gasteiger partial charge is 0.126 e. The molecule has 2 heterocycles. The third-order valence-corrected chi connectivity index (χ3v) is 7.23. The molecule has 1 fully saturated rings. The number of aliphatic hydroxyl groups is 2. The number of aliphatic hydroxyl groups excluding tert-OH is 2. The summed E-state index contributed by atoms with van der Waals surface area (Å²) in [4.78, 5) is 2.32. The normalized spacial score (nSPS) is 21.6. The van der Waals surface area contributed by atoms with Gasteiger partial charge in [0.2, 0.25) is 0 Å². The molecule has 0 unspecified atom stereocenters. The predicted molar refractivity (Wildman–Crippen MR) is 123 cm³/mol. The molecule has 0 amide bonds. The van der Waals surface area contributed by atoms with Crippen molar-refractivity contribution >= 4 is 10.8 Å². The molecule has 2 N–H and O–H groups in total. The molecule has 0 aliphatic carbocycles. The first kappa shape index (κ1) is 20.5. The van der Waals surface area contributed by atoms with Crippen molar-refractivity contribution in [3.8, 4) is 5.75 Å². The summed E-state index contributed by atoms with van der Waals surface area (Å²) in [7, 11) is 0. The van der Waals surface area contributed by atoms with E-state index in [-0.39, 0.29) is 5.60 Å². The highest BCUT2D eigenvalue weighted by molar-refractivity contribution is 5.83. The van der Waals surface area contributed by atoms with Crippen molar-refractivity contribution in [1.29, 1.82) is 0 Å². The van der Waals surface area contributed by atoms with Crippen molar-refractivity contribution in [2.24, 2.45) is 0 Å². The van der Waals surface area contributed by atoms with Crippen molar-refractivity contribution in [3.05, 3.63) is 76.9 Å². The second-order valence-electron chi connectivity index (χ2n) is 9.40. The predicted octanol–water partition coefficient (Wildman–Crippen LogP) is 4.84. The molecule has 2 atom stereocenters. The zero-order valence-corrected chi connectivity index (χ0v) is 18.3. The third-order valence-electron chi connectivity index (χ3n) is 7.23. The Labute approximate surface area is 184 Å².